The summed E-state index contributed by atoms with van der Waals surface area (Å²) in [5, 5.41) is 16.5. The van der Waals surface area contributed by atoms with Gasteiger partial charge in [-0.3, -0.25) is 0 Å². The standard InChI is InChI=1S/3C7H14.2C6H13N.C6H12O.C5H12N2.C5H11NO.8C3H8.4CH4/c3*1-7-5-3-2-4-6-7;3*1-6-3-2-4-7-5-6;2*1-5-4-6-2-3-7-5;8*1-3-2;;;;/h3*7H,2-6H2,1H3;2*6-7H,2-5H2,1H3;6H,2-5H2,1H3;5-7H,2-4H2,1H3;5-6H,2-4H2,1H3;8*3H2,1-2H3;4*1H4/t;;;3*6-;2*5-;;;;;;;;;;;;/m...10000............/s1. The van der Waals surface area contributed by atoms with Gasteiger partial charge >= 0.3 is 0 Å². The molecule has 7 nitrogen and oxygen atoms in total. The topological polar surface area (TPSA) is 78.6 Å². The molecule has 5 aliphatic heterocycles. The molecule has 8 aliphatic rings. The van der Waals surface area contributed by atoms with E-state index in [0.29, 0.717) is 12.1 Å². The third-order valence-corrected chi connectivity index (χ3v) is 12.5. The van der Waals surface area contributed by atoms with Crippen molar-refractivity contribution in [3.05, 3.63) is 0 Å². The monoisotopic (exact) mass is 1210 g/mol. The highest BCUT2D eigenvalue weighted by molar-refractivity contribution is 4.70. The summed E-state index contributed by atoms with van der Waals surface area (Å²) in [4.78, 5) is 0. The first-order valence-electron chi connectivity index (χ1n) is 36.2. The molecular formula is C77H183N5O2. The SMILES string of the molecule is C.C.C.C.CC1CCCCC1.CC1CCCCC1.CC1CCCCC1.CCC.CCC.CCC.CCC.CCC.CCC.CCC.CCC.C[C@@H]1CCCNC1.C[C@H]1CCCNC1.C[C@H]1CCCOC1.C[C@H]1CNCCN1.C[C@H]1CNCCO1. The number of hydrogen-bond donors (Lipinski definition) is 5. The lowest BCUT2D eigenvalue weighted by Crippen LogP contribution is -2.46. The van der Waals surface area contributed by atoms with Crippen LogP contribution >= 0.6 is 0 Å². The van der Waals surface area contributed by atoms with Gasteiger partial charge in [-0.1, -0.05) is 330 Å². The summed E-state index contributed by atoms with van der Waals surface area (Å²) in [6.45, 7) is 65.4. The van der Waals surface area contributed by atoms with E-state index in [0.717, 1.165) is 88.1 Å². The van der Waals surface area contributed by atoms with Crippen molar-refractivity contribution in [1.82, 2.24) is 26.6 Å². The van der Waals surface area contributed by atoms with Crippen LogP contribution in [-0.4, -0.2) is 90.9 Å². The van der Waals surface area contributed by atoms with Crippen LogP contribution in [0.15, 0.2) is 0 Å². The molecule has 0 bridgehead atoms. The van der Waals surface area contributed by atoms with E-state index in [9.17, 15) is 0 Å². The molecule has 0 amide bonds. The van der Waals surface area contributed by atoms with Crippen LogP contribution in [0, 0.1) is 35.5 Å². The molecule has 3 saturated carbocycles. The Morgan fingerprint density at radius 2 is 0.560 bits per heavy atom. The average Bonchev–Trinajstić information content (AvgIpc) is 3.44. The first-order valence-corrected chi connectivity index (χ1v) is 36.2. The van der Waals surface area contributed by atoms with E-state index in [2.05, 4.69) is 193 Å². The highest BCUT2D eigenvalue weighted by Gasteiger charge is 2.10. The van der Waals surface area contributed by atoms with Gasteiger partial charge in [-0.05, 0) is 114 Å². The fourth-order valence-electron chi connectivity index (χ4n) is 8.37. The van der Waals surface area contributed by atoms with Gasteiger partial charge in [-0.15, -0.1) is 0 Å². The summed E-state index contributed by atoms with van der Waals surface area (Å²) < 4.78 is 10.4. The summed E-state index contributed by atoms with van der Waals surface area (Å²) in [5.74, 6) is 5.77. The van der Waals surface area contributed by atoms with Crippen LogP contribution in [0.4, 0.5) is 0 Å². The molecule has 0 aromatic rings. The van der Waals surface area contributed by atoms with E-state index in [-0.39, 0.29) is 29.7 Å². The molecule has 3 aliphatic carbocycles. The van der Waals surface area contributed by atoms with Crippen LogP contribution in [0.3, 0.4) is 0 Å². The van der Waals surface area contributed by atoms with Gasteiger partial charge in [0, 0.05) is 52.0 Å². The average molecular weight is 1210 g/mol. The zero-order valence-electron chi connectivity index (χ0n) is 60.9. The Bertz CT molecular complexity index is 665. The van der Waals surface area contributed by atoms with E-state index in [1.165, 1.54) is 212 Å². The molecule has 7 heteroatoms. The summed E-state index contributed by atoms with van der Waals surface area (Å²) in [5.41, 5.74) is 0. The van der Waals surface area contributed by atoms with Gasteiger partial charge in [0.2, 0.25) is 0 Å². The number of rotatable bonds is 0. The quantitative estimate of drug-likeness (QED) is 0.165. The minimum atomic E-state index is 0. The molecule has 5 heterocycles. The molecule has 0 unspecified atom stereocenters. The molecule has 528 valence electrons. The molecule has 8 rings (SSSR count). The second kappa shape index (κ2) is 107. The summed E-state index contributed by atoms with van der Waals surface area (Å²) in [6, 6.07) is 0.675. The zero-order valence-corrected chi connectivity index (χ0v) is 60.9. The maximum Gasteiger partial charge on any atom is 0.0672 e. The van der Waals surface area contributed by atoms with E-state index in [4.69, 9.17) is 9.47 Å². The van der Waals surface area contributed by atoms with Crippen molar-refractivity contribution in [2.24, 2.45) is 35.5 Å². The van der Waals surface area contributed by atoms with Crippen molar-refractivity contribution in [3.8, 4) is 0 Å². The third-order valence-electron chi connectivity index (χ3n) is 12.5. The van der Waals surface area contributed by atoms with Crippen LogP contribution < -0.4 is 26.6 Å². The summed E-state index contributed by atoms with van der Waals surface area (Å²) in [6.07, 6.45) is 41.0. The van der Waals surface area contributed by atoms with Crippen molar-refractivity contribution >= 4 is 0 Å². The molecule has 5 atom stereocenters. The normalized spacial score (nSPS) is 21.8. The predicted molar refractivity (Wildman–Crippen MR) is 402 cm³/mol. The maximum absolute atomic E-state index is 5.22. The first kappa shape index (κ1) is 111. The lowest BCUT2D eigenvalue weighted by molar-refractivity contribution is 0.0410. The van der Waals surface area contributed by atoms with Gasteiger partial charge in [0.05, 0.1) is 12.7 Å². The number of piperazine rings is 1. The largest absolute Gasteiger partial charge is 0.381 e. The second-order valence-corrected chi connectivity index (χ2v) is 25.1. The van der Waals surface area contributed by atoms with Crippen LogP contribution in [0.5, 0.6) is 0 Å². The first-order chi connectivity index (χ1) is 38.5. The Morgan fingerprint density at radius 1 is 0.274 bits per heavy atom. The van der Waals surface area contributed by atoms with Gasteiger partial charge in [-0.2, -0.15) is 0 Å². The molecule has 0 aromatic heterocycles. The molecule has 5 saturated heterocycles. The Morgan fingerprint density at radius 3 is 0.679 bits per heavy atom. The molecule has 84 heavy (non-hydrogen) atoms. The van der Waals surface area contributed by atoms with Crippen molar-refractivity contribution in [2.75, 3.05) is 78.7 Å². The highest BCUT2D eigenvalue weighted by Crippen LogP contribution is 2.23. The van der Waals surface area contributed by atoms with Crippen molar-refractivity contribution in [3.63, 3.8) is 0 Å². The maximum atomic E-state index is 5.22. The Balaban J connectivity index is -0.0000000666. The fourth-order valence-corrected chi connectivity index (χ4v) is 8.37. The van der Waals surface area contributed by atoms with E-state index in [1.54, 1.807) is 0 Å². The Hall–Kier alpha value is -0.280. The Labute approximate surface area is 542 Å². The van der Waals surface area contributed by atoms with Crippen LogP contribution in [0.25, 0.3) is 0 Å². The van der Waals surface area contributed by atoms with Gasteiger partial charge < -0.3 is 36.1 Å². The number of piperidine rings is 2. The minimum absolute atomic E-state index is 0. The van der Waals surface area contributed by atoms with Crippen molar-refractivity contribution < 1.29 is 9.47 Å². The number of ether oxygens (including phenoxy) is 2. The summed E-state index contributed by atoms with van der Waals surface area (Å²) >= 11 is 0. The zero-order chi connectivity index (χ0) is 62.6. The highest BCUT2D eigenvalue weighted by atomic mass is 16.5. The molecular weight excluding hydrogens is 1030 g/mol. The fraction of sp³-hybridized carbons (Fsp3) is 1.00. The van der Waals surface area contributed by atoms with Crippen molar-refractivity contribution in [2.45, 2.75) is 394 Å². The molecule has 5 N–H and O–H groups in total. The van der Waals surface area contributed by atoms with Gasteiger partial charge in [0.25, 0.3) is 0 Å². The van der Waals surface area contributed by atoms with E-state index in [1.807, 2.05) is 0 Å². The van der Waals surface area contributed by atoms with E-state index >= 15 is 0 Å². The number of hydrogen-bond acceptors (Lipinski definition) is 7. The predicted octanol–water partition coefficient (Wildman–Crippen LogP) is 24.6. The van der Waals surface area contributed by atoms with Crippen LogP contribution in [-0.2, 0) is 9.47 Å². The molecule has 0 spiro atoms. The molecule has 0 radical (unpaired) electrons. The van der Waals surface area contributed by atoms with Gasteiger partial charge in [-0.25, -0.2) is 0 Å². The van der Waals surface area contributed by atoms with Gasteiger partial charge in [0.1, 0.15) is 0 Å². The van der Waals surface area contributed by atoms with E-state index < -0.39 is 0 Å². The molecule has 8 fully saturated rings. The minimum Gasteiger partial charge on any atom is -0.381 e. The molecule has 0 aromatic carbocycles. The Kier molecular flexibility index (Phi) is 142. The summed E-state index contributed by atoms with van der Waals surface area (Å²) in [7, 11) is 0. The second-order valence-electron chi connectivity index (χ2n) is 25.1. The van der Waals surface area contributed by atoms with Crippen LogP contribution in [0.2, 0.25) is 0 Å². The lowest BCUT2D eigenvalue weighted by atomic mass is 9.91. The third kappa shape index (κ3) is 131. The van der Waals surface area contributed by atoms with Gasteiger partial charge in [0.15, 0.2) is 0 Å². The number of morpholine rings is 1. The lowest BCUT2D eigenvalue weighted by Gasteiger charge is -2.19. The number of nitrogens with one attached hydrogen (secondary N) is 5. The van der Waals surface area contributed by atoms with Crippen LogP contribution in [0.1, 0.15) is 382 Å². The smallest absolute Gasteiger partial charge is 0.0672 e. The van der Waals surface area contributed by atoms with Crippen molar-refractivity contribution in [1.29, 1.82) is 0 Å².